The standard InChI is InChI=1S/C35H54N6O7S/c1-11-13-14-24(27(42)30(44)36-19-12-2)37-29(43)26-22-15-16-35(17-18-35)23(22)20-41(26)31(45)28(34(6,7)8)39-32(46)38-25(33(3,4)5)21-40(9)49(10,47)48/h1-2,22-26,28H,13-21H2,3-10H3,(H,36,44)(H,37,43)(H2,38,39,46)/t22-,23-,24?,25+,26-,28+/m0/s1. The zero-order valence-corrected chi connectivity index (χ0v) is 31.0. The van der Waals surface area contributed by atoms with E-state index in [0.29, 0.717) is 6.54 Å². The van der Waals surface area contributed by atoms with Gasteiger partial charge in [-0.15, -0.1) is 18.8 Å². The molecule has 1 heterocycles. The number of nitrogens with zero attached hydrogens (tertiary/aromatic N) is 2. The largest absolute Gasteiger partial charge is 0.344 e. The topological polar surface area (TPSA) is 174 Å². The van der Waals surface area contributed by atoms with Gasteiger partial charge in [-0.1, -0.05) is 47.5 Å². The summed E-state index contributed by atoms with van der Waals surface area (Å²) in [6.07, 6.45) is 15.6. The van der Waals surface area contributed by atoms with E-state index in [1.807, 2.05) is 41.5 Å². The van der Waals surface area contributed by atoms with Gasteiger partial charge in [0.1, 0.15) is 12.1 Å². The Bertz CT molecular complexity index is 1500. The second-order valence-corrected chi connectivity index (χ2v) is 18.1. The predicted octanol–water partition coefficient (Wildman–Crippen LogP) is 1.24. The summed E-state index contributed by atoms with van der Waals surface area (Å²) in [7, 11) is -2.08. The van der Waals surface area contributed by atoms with Crippen LogP contribution in [0.15, 0.2) is 0 Å². The Hall–Kier alpha value is -3.62. The van der Waals surface area contributed by atoms with Crippen molar-refractivity contribution in [2.45, 2.75) is 104 Å². The van der Waals surface area contributed by atoms with Crippen molar-refractivity contribution >= 4 is 39.6 Å². The summed E-state index contributed by atoms with van der Waals surface area (Å²) in [5.74, 6) is 1.80. The number of likely N-dealkylation sites (tertiary alicyclic amines) is 1. The fourth-order valence-corrected chi connectivity index (χ4v) is 7.53. The van der Waals surface area contributed by atoms with Crippen LogP contribution in [0.2, 0.25) is 0 Å². The van der Waals surface area contributed by atoms with Gasteiger partial charge < -0.3 is 26.2 Å². The summed E-state index contributed by atoms with van der Waals surface area (Å²) in [6, 6.07) is -4.44. The molecule has 0 aromatic heterocycles. The number of fused-ring (bicyclic) bond motifs is 2. The maximum atomic E-state index is 14.6. The van der Waals surface area contributed by atoms with Crippen molar-refractivity contribution < 1.29 is 32.4 Å². The van der Waals surface area contributed by atoms with E-state index in [0.717, 1.165) is 36.2 Å². The third-order valence-corrected chi connectivity index (χ3v) is 11.7. The Kier molecular flexibility index (Phi) is 12.3. The van der Waals surface area contributed by atoms with Gasteiger partial charge in [0.05, 0.1) is 18.8 Å². The van der Waals surface area contributed by atoms with Crippen LogP contribution in [0.25, 0.3) is 0 Å². The molecule has 3 aliphatic rings. The van der Waals surface area contributed by atoms with Crippen molar-refractivity contribution in [2.24, 2.45) is 28.1 Å². The van der Waals surface area contributed by atoms with Crippen molar-refractivity contribution in [1.82, 2.24) is 30.5 Å². The van der Waals surface area contributed by atoms with Gasteiger partial charge in [-0.2, -0.15) is 0 Å². The maximum Gasteiger partial charge on any atom is 0.315 e. The van der Waals surface area contributed by atoms with Gasteiger partial charge in [0.25, 0.3) is 5.91 Å². The quantitative estimate of drug-likeness (QED) is 0.165. The van der Waals surface area contributed by atoms with Crippen molar-refractivity contribution in [3.05, 3.63) is 0 Å². The number of Topliss-reactive ketones (excluding diaryl/α,β-unsaturated/α-hetero) is 1. The first-order valence-corrected chi connectivity index (χ1v) is 18.7. The molecule has 13 nitrogen and oxygen atoms in total. The molecule has 14 heteroatoms. The molecule has 1 unspecified atom stereocenters. The van der Waals surface area contributed by atoms with Gasteiger partial charge in [0, 0.05) is 32.6 Å². The number of ketones is 1. The zero-order valence-electron chi connectivity index (χ0n) is 30.1. The molecule has 5 amide bonds. The first-order chi connectivity index (χ1) is 22.6. The SMILES string of the molecule is C#CCCC(NC(=O)[C@@H]1[C@H]2CCC3(CC3)[C@H]2CN1C(=O)[C@@H](NC(=O)N[C@H](CN(C)S(C)(=O)=O)C(C)(C)C)C(C)(C)C)C(=O)C(=O)NCC#C. The fourth-order valence-electron chi connectivity index (χ4n) is 7.11. The molecule has 3 rings (SSSR count). The summed E-state index contributed by atoms with van der Waals surface area (Å²) >= 11 is 0. The van der Waals surface area contributed by atoms with Crippen LogP contribution in [0.3, 0.4) is 0 Å². The zero-order chi connectivity index (χ0) is 37.1. The molecule has 3 fully saturated rings. The summed E-state index contributed by atoms with van der Waals surface area (Å²) in [4.78, 5) is 69.4. The van der Waals surface area contributed by atoms with Gasteiger partial charge in [-0.05, 0) is 60.2 Å². The Labute approximate surface area is 291 Å². The second-order valence-electron chi connectivity index (χ2n) is 16.0. The molecular formula is C35H54N6O7S. The number of rotatable bonds is 13. The van der Waals surface area contributed by atoms with E-state index in [4.69, 9.17) is 12.8 Å². The Morgan fingerprint density at radius 1 is 0.959 bits per heavy atom. The average molecular weight is 703 g/mol. The van der Waals surface area contributed by atoms with E-state index in [1.165, 1.54) is 7.05 Å². The number of carbonyl (C=O) groups excluding carboxylic acids is 5. The van der Waals surface area contributed by atoms with Crippen molar-refractivity contribution in [3.8, 4) is 24.7 Å². The van der Waals surface area contributed by atoms with Gasteiger partial charge in [-0.3, -0.25) is 19.2 Å². The molecule has 0 aromatic carbocycles. The Balaban J connectivity index is 1.90. The van der Waals surface area contributed by atoms with Gasteiger partial charge in [-0.25, -0.2) is 17.5 Å². The minimum Gasteiger partial charge on any atom is -0.344 e. The van der Waals surface area contributed by atoms with Crippen LogP contribution in [-0.2, 0) is 29.2 Å². The van der Waals surface area contributed by atoms with Crippen LogP contribution in [0.4, 0.5) is 4.79 Å². The van der Waals surface area contributed by atoms with Crippen LogP contribution in [0, 0.1) is 52.8 Å². The van der Waals surface area contributed by atoms with Crippen LogP contribution in [0.1, 0.15) is 80.1 Å². The van der Waals surface area contributed by atoms with Gasteiger partial charge in [0.2, 0.25) is 27.6 Å². The van der Waals surface area contributed by atoms with Crippen LogP contribution >= 0.6 is 0 Å². The first kappa shape index (κ1) is 39.8. The number of nitrogens with one attached hydrogen (secondary N) is 4. The van der Waals surface area contributed by atoms with E-state index >= 15 is 0 Å². The Morgan fingerprint density at radius 2 is 1.59 bits per heavy atom. The lowest BCUT2D eigenvalue weighted by Gasteiger charge is -2.38. The monoisotopic (exact) mass is 702 g/mol. The van der Waals surface area contributed by atoms with E-state index in [9.17, 15) is 32.4 Å². The highest BCUT2D eigenvalue weighted by molar-refractivity contribution is 7.88. The molecule has 272 valence electrons. The van der Waals surface area contributed by atoms with E-state index in [-0.39, 0.29) is 43.2 Å². The first-order valence-electron chi connectivity index (χ1n) is 16.9. The molecule has 49 heavy (non-hydrogen) atoms. The highest BCUT2D eigenvalue weighted by Gasteiger charge is 2.64. The maximum absolute atomic E-state index is 14.6. The summed E-state index contributed by atoms with van der Waals surface area (Å²) in [6.45, 7) is 11.3. The molecule has 1 aliphatic heterocycles. The molecule has 6 atom stereocenters. The van der Waals surface area contributed by atoms with Crippen LogP contribution < -0.4 is 21.3 Å². The minimum absolute atomic E-state index is 0.0179. The number of hydrogen-bond donors (Lipinski definition) is 4. The highest BCUT2D eigenvalue weighted by atomic mass is 32.2. The van der Waals surface area contributed by atoms with Gasteiger partial charge >= 0.3 is 6.03 Å². The molecule has 2 aliphatic carbocycles. The lowest BCUT2D eigenvalue weighted by atomic mass is 9.85. The number of terminal acetylenes is 2. The lowest BCUT2D eigenvalue weighted by molar-refractivity contribution is -0.144. The molecule has 4 N–H and O–H groups in total. The van der Waals surface area contributed by atoms with E-state index in [2.05, 4.69) is 33.1 Å². The predicted molar refractivity (Wildman–Crippen MR) is 186 cm³/mol. The van der Waals surface area contributed by atoms with E-state index < -0.39 is 74.6 Å². The summed E-state index contributed by atoms with van der Waals surface area (Å²) in [5.41, 5.74) is -1.25. The number of hydrogen-bond acceptors (Lipinski definition) is 7. The third-order valence-electron chi connectivity index (χ3n) is 10.4. The van der Waals surface area contributed by atoms with Crippen LogP contribution in [0.5, 0.6) is 0 Å². The van der Waals surface area contributed by atoms with Crippen LogP contribution in [-0.4, -0.2) is 104 Å². The van der Waals surface area contributed by atoms with E-state index in [1.54, 1.807) is 4.90 Å². The van der Waals surface area contributed by atoms with Crippen molar-refractivity contribution in [2.75, 3.05) is 32.9 Å². The summed E-state index contributed by atoms with van der Waals surface area (Å²) in [5, 5.41) is 10.8. The van der Waals surface area contributed by atoms with Crippen molar-refractivity contribution in [1.29, 1.82) is 0 Å². The minimum atomic E-state index is -3.52. The molecule has 1 saturated heterocycles. The molecule has 0 aromatic rings. The lowest BCUT2D eigenvalue weighted by Crippen LogP contribution is -2.62. The van der Waals surface area contributed by atoms with Crippen molar-refractivity contribution in [3.63, 3.8) is 0 Å². The number of sulfonamides is 1. The number of likely N-dealkylation sites (N-methyl/N-ethyl adjacent to an activating group) is 1. The second kappa shape index (κ2) is 15.1. The molecule has 0 radical (unpaired) electrons. The fraction of sp³-hybridized carbons (Fsp3) is 0.743. The summed E-state index contributed by atoms with van der Waals surface area (Å²) < 4.78 is 25.4. The molecule has 2 saturated carbocycles. The number of amides is 5. The molecule has 1 spiro atoms. The number of urea groups is 1. The molecule has 0 bridgehead atoms. The van der Waals surface area contributed by atoms with Gasteiger partial charge in [0.15, 0.2) is 0 Å². The number of carbonyl (C=O) groups is 5. The highest BCUT2D eigenvalue weighted by Crippen LogP contribution is 2.66. The average Bonchev–Trinajstić information content (AvgIpc) is 3.56. The smallest absolute Gasteiger partial charge is 0.315 e. The molecular weight excluding hydrogens is 648 g/mol. The normalized spacial score (nSPS) is 23.0. The third kappa shape index (κ3) is 9.55. The Morgan fingerprint density at radius 3 is 2.10 bits per heavy atom.